The molecule has 0 aromatic heterocycles. The highest BCUT2D eigenvalue weighted by Crippen LogP contribution is 2.15. The second-order valence-electron chi connectivity index (χ2n) is 4.31. The van der Waals surface area contributed by atoms with E-state index >= 15 is 0 Å². The van der Waals surface area contributed by atoms with Crippen LogP contribution in [0.1, 0.15) is 5.56 Å². The maximum Gasteiger partial charge on any atom is 0.277 e. The fraction of sp³-hybridized carbons (Fsp3) is 0.125. The van der Waals surface area contributed by atoms with Gasteiger partial charge in [0.25, 0.3) is 5.91 Å². The van der Waals surface area contributed by atoms with Gasteiger partial charge in [-0.15, -0.1) is 11.8 Å². The number of amides is 1. The van der Waals surface area contributed by atoms with Crippen LogP contribution in [0, 0.1) is 0 Å². The molecule has 6 heteroatoms. The number of carbonyl (C=O) groups excluding carboxylic acids is 1. The molecule has 1 amide bonds. The Morgan fingerprint density at radius 2 is 1.91 bits per heavy atom. The normalized spacial score (nSPS) is 10.6. The molecule has 2 rings (SSSR count). The standard InChI is InChI=1S/C16H15ClN2O2S/c1-22-15-8-2-12(3-9-15)10-18-19-16(20)11-21-14-6-4-13(17)5-7-14/h2-10H,11H2,1H3,(H,19,20)/b18-10+. The van der Waals surface area contributed by atoms with Crippen LogP contribution < -0.4 is 10.2 Å². The van der Waals surface area contributed by atoms with Crippen LogP contribution in [-0.4, -0.2) is 25.0 Å². The number of nitrogens with one attached hydrogen (secondary N) is 1. The van der Waals surface area contributed by atoms with Crippen LogP contribution in [0.4, 0.5) is 0 Å². The Balaban J connectivity index is 1.76. The maximum atomic E-state index is 11.6. The number of thioether (sulfide) groups is 1. The van der Waals surface area contributed by atoms with Crippen LogP contribution in [0.3, 0.4) is 0 Å². The highest BCUT2D eigenvalue weighted by Gasteiger charge is 2.01. The molecule has 2 aromatic rings. The van der Waals surface area contributed by atoms with Gasteiger partial charge in [-0.05, 0) is 48.2 Å². The number of halogens is 1. The summed E-state index contributed by atoms with van der Waals surface area (Å²) in [6.07, 6.45) is 3.61. The van der Waals surface area contributed by atoms with Crippen LogP contribution in [0.25, 0.3) is 0 Å². The molecule has 2 aromatic carbocycles. The molecule has 0 aliphatic carbocycles. The van der Waals surface area contributed by atoms with Gasteiger partial charge >= 0.3 is 0 Å². The number of hydrogen-bond donors (Lipinski definition) is 1. The summed E-state index contributed by atoms with van der Waals surface area (Å²) < 4.78 is 5.31. The molecule has 0 unspecified atom stereocenters. The monoisotopic (exact) mass is 334 g/mol. The molecule has 0 saturated carbocycles. The van der Waals surface area contributed by atoms with Gasteiger partial charge in [0.15, 0.2) is 6.61 Å². The molecular formula is C16H15ClN2O2S. The van der Waals surface area contributed by atoms with Gasteiger partial charge in [-0.2, -0.15) is 5.10 Å². The minimum Gasteiger partial charge on any atom is -0.484 e. The van der Waals surface area contributed by atoms with Gasteiger partial charge in [0, 0.05) is 9.92 Å². The molecule has 0 aliphatic rings. The van der Waals surface area contributed by atoms with E-state index < -0.39 is 0 Å². The molecule has 0 atom stereocenters. The summed E-state index contributed by atoms with van der Waals surface area (Å²) in [5.74, 6) is 0.253. The highest BCUT2D eigenvalue weighted by atomic mass is 35.5. The minimum absolute atomic E-state index is 0.107. The van der Waals surface area contributed by atoms with E-state index in [0.717, 1.165) is 5.56 Å². The Labute approximate surface area is 138 Å². The first kappa shape index (κ1) is 16.4. The van der Waals surface area contributed by atoms with Crippen molar-refractivity contribution in [1.29, 1.82) is 0 Å². The molecule has 0 fully saturated rings. The van der Waals surface area contributed by atoms with Gasteiger partial charge in [-0.1, -0.05) is 23.7 Å². The zero-order valence-electron chi connectivity index (χ0n) is 12.0. The molecule has 0 aliphatic heterocycles. The van der Waals surface area contributed by atoms with Crippen molar-refractivity contribution < 1.29 is 9.53 Å². The van der Waals surface area contributed by atoms with Crippen LogP contribution in [0.15, 0.2) is 58.5 Å². The number of ether oxygens (including phenoxy) is 1. The molecule has 0 radical (unpaired) electrons. The van der Waals surface area contributed by atoms with Gasteiger partial charge in [-0.25, -0.2) is 5.43 Å². The van der Waals surface area contributed by atoms with E-state index in [9.17, 15) is 4.79 Å². The molecule has 1 N–H and O–H groups in total. The summed E-state index contributed by atoms with van der Waals surface area (Å²) in [6, 6.07) is 14.7. The van der Waals surface area contributed by atoms with E-state index in [1.807, 2.05) is 30.5 Å². The smallest absolute Gasteiger partial charge is 0.277 e. The van der Waals surface area contributed by atoms with Gasteiger partial charge in [-0.3, -0.25) is 4.79 Å². The first-order valence-electron chi connectivity index (χ1n) is 6.52. The average Bonchev–Trinajstić information content (AvgIpc) is 2.55. The molecule has 22 heavy (non-hydrogen) atoms. The first-order valence-corrected chi connectivity index (χ1v) is 8.12. The predicted molar refractivity (Wildman–Crippen MR) is 90.9 cm³/mol. The lowest BCUT2D eigenvalue weighted by atomic mass is 10.2. The van der Waals surface area contributed by atoms with E-state index in [4.69, 9.17) is 16.3 Å². The van der Waals surface area contributed by atoms with Crippen LogP contribution in [-0.2, 0) is 4.79 Å². The lowest BCUT2D eigenvalue weighted by Gasteiger charge is -2.04. The number of nitrogens with zero attached hydrogens (tertiary/aromatic N) is 1. The van der Waals surface area contributed by atoms with Crippen LogP contribution in [0.5, 0.6) is 5.75 Å². The summed E-state index contributed by atoms with van der Waals surface area (Å²) in [5, 5.41) is 4.51. The van der Waals surface area contributed by atoms with Crippen molar-refractivity contribution in [3.63, 3.8) is 0 Å². The third-order valence-electron chi connectivity index (χ3n) is 2.70. The van der Waals surface area contributed by atoms with Crippen molar-refractivity contribution in [2.45, 2.75) is 4.90 Å². The second kappa shape index (κ2) is 8.46. The Kier molecular flexibility index (Phi) is 6.30. The van der Waals surface area contributed by atoms with Crippen molar-refractivity contribution in [2.75, 3.05) is 12.9 Å². The highest BCUT2D eigenvalue weighted by molar-refractivity contribution is 7.98. The third kappa shape index (κ3) is 5.42. The van der Waals surface area contributed by atoms with Crippen molar-refractivity contribution in [3.05, 3.63) is 59.1 Å². The Bertz CT molecular complexity index is 642. The Morgan fingerprint density at radius 3 is 2.55 bits per heavy atom. The number of hydrogen-bond acceptors (Lipinski definition) is 4. The first-order chi connectivity index (χ1) is 10.7. The lowest BCUT2D eigenvalue weighted by molar-refractivity contribution is -0.123. The summed E-state index contributed by atoms with van der Waals surface area (Å²) in [7, 11) is 0. The third-order valence-corrected chi connectivity index (χ3v) is 3.70. The topological polar surface area (TPSA) is 50.7 Å². The summed E-state index contributed by atoms with van der Waals surface area (Å²) in [6.45, 7) is -0.107. The van der Waals surface area contributed by atoms with Crippen LogP contribution >= 0.6 is 23.4 Å². The van der Waals surface area contributed by atoms with E-state index in [-0.39, 0.29) is 12.5 Å². The van der Waals surface area contributed by atoms with Crippen molar-refractivity contribution >= 4 is 35.5 Å². The summed E-state index contributed by atoms with van der Waals surface area (Å²) in [5.41, 5.74) is 3.33. The van der Waals surface area contributed by atoms with Gasteiger partial charge < -0.3 is 4.74 Å². The Hall–Kier alpha value is -1.98. The van der Waals surface area contributed by atoms with Gasteiger partial charge in [0.1, 0.15) is 5.75 Å². The molecular weight excluding hydrogens is 320 g/mol. The number of hydrazone groups is 1. The average molecular weight is 335 g/mol. The molecule has 0 heterocycles. The molecule has 114 valence electrons. The zero-order valence-corrected chi connectivity index (χ0v) is 13.5. The fourth-order valence-corrected chi connectivity index (χ4v) is 2.11. The quantitative estimate of drug-likeness (QED) is 0.499. The van der Waals surface area contributed by atoms with E-state index in [1.54, 1.807) is 42.2 Å². The summed E-state index contributed by atoms with van der Waals surface area (Å²) >= 11 is 7.44. The SMILES string of the molecule is CSc1ccc(/C=N/NC(=O)COc2ccc(Cl)cc2)cc1. The van der Waals surface area contributed by atoms with Gasteiger partial charge in [0.05, 0.1) is 6.21 Å². The zero-order chi connectivity index (χ0) is 15.8. The maximum absolute atomic E-state index is 11.6. The van der Waals surface area contributed by atoms with Crippen LogP contribution in [0.2, 0.25) is 5.02 Å². The molecule has 0 saturated heterocycles. The molecule has 0 bridgehead atoms. The van der Waals surface area contributed by atoms with E-state index in [0.29, 0.717) is 10.8 Å². The number of benzene rings is 2. The largest absolute Gasteiger partial charge is 0.484 e. The van der Waals surface area contributed by atoms with E-state index in [2.05, 4.69) is 10.5 Å². The predicted octanol–water partition coefficient (Wildman–Crippen LogP) is 3.59. The van der Waals surface area contributed by atoms with Crippen molar-refractivity contribution in [2.24, 2.45) is 5.10 Å². The van der Waals surface area contributed by atoms with E-state index in [1.165, 1.54) is 4.90 Å². The molecule has 0 spiro atoms. The Morgan fingerprint density at radius 1 is 1.23 bits per heavy atom. The second-order valence-corrected chi connectivity index (χ2v) is 5.63. The fourth-order valence-electron chi connectivity index (χ4n) is 1.58. The number of rotatable bonds is 6. The molecule has 4 nitrogen and oxygen atoms in total. The minimum atomic E-state index is -0.327. The lowest BCUT2D eigenvalue weighted by Crippen LogP contribution is -2.24. The van der Waals surface area contributed by atoms with Gasteiger partial charge in [0.2, 0.25) is 0 Å². The van der Waals surface area contributed by atoms with Crippen molar-refractivity contribution in [3.8, 4) is 5.75 Å². The number of carbonyl (C=O) groups is 1. The van der Waals surface area contributed by atoms with Crippen molar-refractivity contribution in [1.82, 2.24) is 5.43 Å². The summed E-state index contributed by atoms with van der Waals surface area (Å²) in [4.78, 5) is 12.8.